The number of rotatable bonds is 7. The predicted octanol–water partition coefficient (Wildman–Crippen LogP) is 5.01. The van der Waals surface area contributed by atoms with Crippen LogP contribution in [0.5, 0.6) is 11.6 Å². The van der Waals surface area contributed by atoms with Gasteiger partial charge in [-0.2, -0.15) is 0 Å². The number of aromatic nitrogens is 2. The second-order valence-corrected chi connectivity index (χ2v) is 8.62. The molecular formula is C25H29ClN6O2. The van der Waals surface area contributed by atoms with Gasteiger partial charge in [0.15, 0.2) is 0 Å². The van der Waals surface area contributed by atoms with Gasteiger partial charge in [-0.25, -0.2) is 14.8 Å². The Bertz CT molecular complexity index is 1120. The third kappa shape index (κ3) is 6.66. The van der Waals surface area contributed by atoms with E-state index in [0.717, 1.165) is 45.0 Å². The highest BCUT2D eigenvalue weighted by molar-refractivity contribution is 6.29. The van der Waals surface area contributed by atoms with Crippen molar-refractivity contribution < 1.29 is 9.53 Å². The summed E-state index contributed by atoms with van der Waals surface area (Å²) in [5, 5.41) is 6.04. The Morgan fingerprint density at radius 1 is 0.971 bits per heavy atom. The molecule has 34 heavy (non-hydrogen) atoms. The molecule has 178 valence electrons. The maximum absolute atomic E-state index is 12.5. The maximum atomic E-state index is 12.5. The monoisotopic (exact) mass is 480 g/mol. The van der Waals surface area contributed by atoms with Crippen LogP contribution in [0.3, 0.4) is 0 Å². The Morgan fingerprint density at radius 3 is 2.32 bits per heavy atom. The second-order valence-electron chi connectivity index (χ2n) is 8.24. The van der Waals surface area contributed by atoms with Crippen LogP contribution in [0, 0.1) is 6.92 Å². The van der Waals surface area contributed by atoms with E-state index >= 15 is 0 Å². The number of hydrogen-bond acceptors (Lipinski definition) is 6. The molecule has 0 spiro atoms. The molecule has 0 radical (unpaired) electrons. The van der Waals surface area contributed by atoms with Gasteiger partial charge in [0.25, 0.3) is 0 Å². The summed E-state index contributed by atoms with van der Waals surface area (Å²) in [6.45, 7) is 10.8. The number of anilines is 2. The number of benzene rings is 2. The van der Waals surface area contributed by atoms with E-state index in [1.54, 1.807) is 24.3 Å². The molecule has 0 unspecified atom stereocenters. The number of nitrogens with one attached hydrogen (secondary N) is 2. The molecule has 2 amide bonds. The van der Waals surface area contributed by atoms with Crippen LogP contribution in [0.2, 0.25) is 5.15 Å². The number of halogens is 1. The lowest BCUT2D eigenvalue weighted by Gasteiger charge is -2.34. The Balaban J connectivity index is 1.28. The van der Waals surface area contributed by atoms with Gasteiger partial charge in [-0.3, -0.25) is 4.90 Å². The number of nitrogens with zero attached hydrogens (tertiary/aromatic N) is 4. The minimum absolute atomic E-state index is 0.304. The van der Waals surface area contributed by atoms with Crippen molar-refractivity contribution >= 4 is 29.0 Å². The minimum atomic E-state index is -0.306. The van der Waals surface area contributed by atoms with Crippen LogP contribution in [0.15, 0.2) is 54.9 Å². The van der Waals surface area contributed by atoms with E-state index in [1.165, 1.54) is 23.5 Å². The van der Waals surface area contributed by atoms with Crippen LogP contribution in [0.1, 0.15) is 18.1 Å². The van der Waals surface area contributed by atoms with Gasteiger partial charge in [-0.15, -0.1) is 0 Å². The summed E-state index contributed by atoms with van der Waals surface area (Å²) in [4.78, 5) is 25.3. The minimum Gasteiger partial charge on any atom is -0.439 e. The van der Waals surface area contributed by atoms with Crippen molar-refractivity contribution in [2.24, 2.45) is 0 Å². The lowest BCUT2D eigenvalue weighted by Crippen LogP contribution is -2.45. The maximum Gasteiger partial charge on any atom is 0.323 e. The van der Waals surface area contributed by atoms with E-state index < -0.39 is 0 Å². The number of likely N-dealkylation sites (N-methyl/N-ethyl adjacent to an activating group) is 1. The standard InChI is InChI=1S/C25H29ClN6O2/c1-3-31-10-12-32(13-11-31)16-19-4-5-21(14-18(19)2)30-25(33)29-20-6-8-22(9-7-20)34-24-15-23(26)27-17-28-24/h4-9,14-15,17H,3,10-13,16H2,1-2H3,(H2,29,30,33). The van der Waals surface area contributed by atoms with E-state index in [-0.39, 0.29) is 6.03 Å². The van der Waals surface area contributed by atoms with E-state index in [0.29, 0.717) is 22.5 Å². The van der Waals surface area contributed by atoms with Crippen molar-refractivity contribution in [1.82, 2.24) is 19.8 Å². The number of carbonyl (C=O) groups excluding carboxylic acids is 1. The Labute approximate surface area is 204 Å². The van der Waals surface area contributed by atoms with Gasteiger partial charge in [0.1, 0.15) is 17.2 Å². The summed E-state index contributed by atoms with van der Waals surface area (Å²) in [6.07, 6.45) is 1.33. The van der Waals surface area contributed by atoms with Crippen molar-refractivity contribution in [1.29, 1.82) is 0 Å². The number of carbonyl (C=O) groups is 1. The molecule has 1 aromatic heterocycles. The summed E-state index contributed by atoms with van der Waals surface area (Å²) in [5.74, 6) is 0.920. The van der Waals surface area contributed by atoms with Gasteiger partial charge in [-0.1, -0.05) is 24.6 Å². The third-order valence-electron chi connectivity index (χ3n) is 5.85. The molecular weight excluding hydrogens is 452 g/mol. The molecule has 2 aromatic carbocycles. The van der Waals surface area contributed by atoms with Crippen molar-refractivity contribution in [3.05, 3.63) is 71.1 Å². The predicted molar refractivity (Wildman–Crippen MR) is 135 cm³/mol. The smallest absolute Gasteiger partial charge is 0.323 e. The molecule has 0 saturated carbocycles. The lowest BCUT2D eigenvalue weighted by molar-refractivity contribution is 0.132. The van der Waals surface area contributed by atoms with Crippen molar-refractivity contribution in [3.8, 4) is 11.6 Å². The summed E-state index contributed by atoms with van der Waals surface area (Å²) in [7, 11) is 0. The van der Waals surface area contributed by atoms with Gasteiger partial charge >= 0.3 is 6.03 Å². The second kappa shape index (κ2) is 11.3. The topological polar surface area (TPSA) is 82.6 Å². The first-order valence-electron chi connectivity index (χ1n) is 11.4. The van der Waals surface area contributed by atoms with Crippen molar-refractivity contribution in [3.63, 3.8) is 0 Å². The normalized spacial score (nSPS) is 14.6. The third-order valence-corrected chi connectivity index (χ3v) is 6.06. The van der Waals surface area contributed by atoms with Gasteiger partial charge in [0.2, 0.25) is 5.88 Å². The van der Waals surface area contributed by atoms with Crippen LogP contribution in [0.25, 0.3) is 0 Å². The molecule has 2 heterocycles. The van der Waals surface area contributed by atoms with Gasteiger partial charge in [0.05, 0.1) is 0 Å². The first-order valence-corrected chi connectivity index (χ1v) is 11.7. The quantitative estimate of drug-likeness (QED) is 0.462. The molecule has 1 fully saturated rings. The van der Waals surface area contributed by atoms with Crippen LogP contribution >= 0.6 is 11.6 Å². The number of hydrogen-bond donors (Lipinski definition) is 2. The zero-order valence-electron chi connectivity index (χ0n) is 19.4. The van der Waals surface area contributed by atoms with Crippen molar-refractivity contribution in [2.75, 3.05) is 43.4 Å². The molecule has 0 aliphatic carbocycles. The summed E-state index contributed by atoms with van der Waals surface area (Å²) >= 11 is 5.84. The molecule has 0 atom stereocenters. The van der Waals surface area contributed by atoms with Crippen molar-refractivity contribution in [2.45, 2.75) is 20.4 Å². The fraction of sp³-hybridized carbons (Fsp3) is 0.320. The van der Waals surface area contributed by atoms with Crippen LogP contribution in [0.4, 0.5) is 16.2 Å². The van der Waals surface area contributed by atoms with Gasteiger partial charge < -0.3 is 20.3 Å². The van der Waals surface area contributed by atoms with E-state index in [1.807, 2.05) is 12.1 Å². The molecule has 8 nitrogen and oxygen atoms in total. The molecule has 1 saturated heterocycles. The zero-order chi connectivity index (χ0) is 23.9. The first kappa shape index (κ1) is 23.9. The average molecular weight is 481 g/mol. The number of ether oxygens (including phenoxy) is 1. The molecule has 1 aliphatic rings. The Hall–Kier alpha value is -3.20. The summed E-state index contributed by atoms with van der Waals surface area (Å²) < 4.78 is 5.63. The van der Waals surface area contributed by atoms with Crippen LogP contribution in [-0.2, 0) is 6.54 Å². The summed E-state index contributed by atoms with van der Waals surface area (Å²) in [5.41, 5.74) is 3.86. The first-order chi connectivity index (χ1) is 16.5. The largest absolute Gasteiger partial charge is 0.439 e. The molecule has 0 bridgehead atoms. The SMILES string of the molecule is CCN1CCN(Cc2ccc(NC(=O)Nc3ccc(Oc4cc(Cl)ncn4)cc3)cc2C)CC1. The molecule has 4 rings (SSSR count). The van der Waals surface area contributed by atoms with Gasteiger partial charge in [-0.05, 0) is 61.0 Å². The highest BCUT2D eigenvalue weighted by Crippen LogP contribution is 2.23. The van der Waals surface area contributed by atoms with E-state index in [2.05, 4.69) is 50.3 Å². The van der Waals surface area contributed by atoms with E-state index in [4.69, 9.17) is 16.3 Å². The number of amides is 2. The summed E-state index contributed by atoms with van der Waals surface area (Å²) in [6, 6.07) is 14.3. The number of aryl methyl sites for hydroxylation is 1. The Kier molecular flexibility index (Phi) is 7.95. The van der Waals surface area contributed by atoms with E-state index in [9.17, 15) is 4.79 Å². The number of piperazine rings is 1. The molecule has 9 heteroatoms. The fourth-order valence-electron chi connectivity index (χ4n) is 3.85. The molecule has 3 aromatic rings. The van der Waals surface area contributed by atoms with Crippen LogP contribution in [-0.4, -0.2) is 58.5 Å². The lowest BCUT2D eigenvalue weighted by atomic mass is 10.1. The average Bonchev–Trinajstić information content (AvgIpc) is 2.82. The molecule has 2 N–H and O–H groups in total. The Morgan fingerprint density at radius 2 is 1.65 bits per heavy atom. The zero-order valence-corrected chi connectivity index (χ0v) is 20.2. The highest BCUT2D eigenvalue weighted by Gasteiger charge is 2.16. The molecule has 1 aliphatic heterocycles. The fourth-order valence-corrected chi connectivity index (χ4v) is 3.99. The van der Waals surface area contributed by atoms with Gasteiger partial charge in [0, 0.05) is 50.2 Å². The number of urea groups is 1. The highest BCUT2D eigenvalue weighted by atomic mass is 35.5. The van der Waals surface area contributed by atoms with Crippen LogP contribution < -0.4 is 15.4 Å².